The molecule has 2 aliphatic rings. The van der Waals surface area contributed by atoms with Gasteiger partial charge in [0.2, 0.25) is 0 Å². The van der Waals surface area contributed by atoms with Crippen LogP contribution in [0.2, 0.25) is 0 Å². The number of nitrogens with one attached hydrogen (secondary N) is 1. The van der Waals surface area contributed by atoms with Crippen molar-refractivity contribution in [2.75, 3.05) is 32.8 Å². The molecule has 2 saturated heterocycles. The van der Waals surface area contributed by atoms with E-state index in [2.05, 4.69) is 5.43 Å². The number of hydrazine groups is 1. The Morgan fingerprint density at radius 2 is 2.00 bits per heavy atom. The lowest BCUT2D eigenvalue weighted by atomic mass is 10.1. The molecule has 3 rings (SSSR count). The van der Waals surface area contributed by atoms with Crippen molar-refractivity contribution in [3.63, 3.8) is 0 Å². The lowest BCUT2D eigenvalue weighted by Gasteiger charge is -2.27. The van der Waals surface area contributed by atoms with E-state index in [1.807, 2.05) is 49.4 Å². The van der Waals surface area contributed by atoms with Crippen molar-refractivity contribution in [2.24, 2.45) is 0 Å². The van der Waals surface area contributed by atoms with Crippen LogP contribution in [-0.4, -0.2) is 58.9 Å². The summed E-state index contributed by atoms with van der Waals surface area (Å²) in [6.07, 6.45) is 3.81. The van der Waals surface area contributed by atoms with Gasteiger partial charge in [0.1, 0.15) is 10.9 Å². The molecule has 2 aliphatic heterocycles. The Morgan fingerprint density at radius 1 is 1.30 bits per heavy atom. The molecule has 142 valence electrons. The van der Waals surface area contributed by atoms with E-state index in [0.29, 0.717) is 35.5 Å². The molecule has 2 fully saturated rings. The van der Waals surface area contributed by atoms with Gasteiger partial charge in [-0.05, 0) is 24.1 Å². The molecule has 1 aromatic carbocycles. The molecule has 0 unspecified atom stereocenters. The van der Waals surface area contributed by atoms with E-state index in [1.54, 1.807) is 5.01 Å². The van der Waals surface area contributed by atoms with E-state index in [9.17, 15) is 9.59 Å². The molecule has 1 N–H and O–H groups in total. The summed E-state index contributed by atoms with van der Waals surface area (Å²) in [5.74, 6) is -0.492. The molecule has 0 atom stereocenters. The van der Waals surface area contributed by atoms with E-state index in [0.717, 1.165) is 11.1 Å². The molecule has 0 bridgehead atoms. The van der Waals surface area contributed by atoms with E-state index >= 15 is 0 Å². The lowest BCUT2D eigenvalue weighted by molar-refractivity contribution is -0.132. The van der Waals surface area contributed by atoms with Crippen molar-refractivity contribution < 1.29 is 14.3 Å². The molecule has 27 heavy (non-hydrogen) atoms. The molecule has 6 nitrogen and oxygen atoms in total. The van der Waals surface area contributed by atoms with Crippen LogP contribution >= 0.6 is 24.0 Å². The summed E-state index contributed by atoms with van der Waals surface area (Å²) >= 11 is 6.52. The number of morpholine rings is 1. The molecule has 1 aromatic rings. The number of carbonyl (C=O) groups is 2. The van der Waals surface area contributed by atoms with Crippen molar-refractivity contribution in [1.82, 2.24) is 15.3 Å². The van der Waals surface area contributed by atoms with Crippen LogP contribution in [0.15, 0.2) is 46.9 Å². The number of hydrogen-bond donors (Lipinski definition) is 1. The quantitative estimate of drug-likeness (QED) is 0.601. The number of carbonyl (C=O) groups excluding carboxylic acids is 2. The molecule has 0 saturated carbocycles. The minimum absolute atomic E-state index is 0.0825. The highest BCUT2D eigenvalue weighted by atomic mass is 32.2. The molecule has 2 heterocycles. The van der Waals surface area contributed by atoms with Crippen LogP contribution in [0, 0.1) is 0 Å². The smallest absolute Gasteiger partial charge is 0.266 e. The first kappa shape index (κ1) is 19.8. The minimum atomic E-state index is -0.258. The standard InChI is InChI=1S/C19H21N3O3S2/c1-14(11-15-5-3-2-4-6-15)12-16-18(24)22(19(26)27-16)13-17(23)20-21-7-9-25-10-8-21/h2-6,11-12H,7-10,13H2,1H3,(H,20,23)/b14-11+,16-12+. The summed E-state index contributed by atoms with van der Waals surface area (Å²) in [5, 5.41) is 1.80. The van der Waals surface area contributed by atoms with E-state index in [1.165, 1.54) is 16.7 Å². The lowest BCUT2D eigenvalue weighted by Crippen LogP contribution is -2.51. The van der Waals surface area contributed by atoms with Gasteiger partial charge < -0.3 is 4.74 Å². The Bertz CT molecular complexity index is 787. The first-order chi connectivity index (χ1) is 13.0. The number of nitrogens with zero attached hydrogens (tertiary/aromatic N) is 2. The van der Waals surface area contributed by atoms with Gasteiger partial charge >= 0.3 is 0 Å². The van der Waals surface area contributed by atoms with Gasteiger partial charge in [0.15, 0.2) is 0 Å². The normalized spacial score (nSPS) is 20.4. The predicted molar refractivity (Wildman–Crippen MR) is 111 cm³/mol. The number of amides is 2. The number of rotatable bonds is 5. The maximum absolute atomic E-state index is 12.6. The molecule has 0 aromatic heterocycles. The highest BCUT2D eigenvalue weighted by molar-refractivity contribution is 8.26. The van der Waals surface area contributed by atoms with Crippen molar-refractivity contribution >= 4 is 46.2 Å². The molecule has 0 spiro atoms. The second-order valence-corrected chi connectivity index (χ2v) is 7.88. The van der Waals surface area contributed by atoms with Gasteiger partial charge in [0, 0.05) is 13.1 Å². The molecular weight excluding hydrogens is 382 g/mol. The molecular formula is C19H21N3O3S2. The number of allylic oxidation sites excluding steroid dienone is 2. The van der Waals surface area contributed by atoms with Crippen LogP contribution in [0.4, 0.5) is 0 Å². The number of ether oxygens (including phenoxy) is 1. The molecule has 0 aliphatic carbocycles. The third kappa shape index (κ3) is 5.49. The highest BCUT2D eigenvalue weighted by Crippen LogP contribution is 2.31. The second kappa shape index (κ2) is 9.27. The van der Waals surface area contributed by atoms with Gasteiger partial charge in [-0.2, -0.15) is 0 Å². The third-order valence-electron chi connectivity index (χ3n) is 4.02. The first-order valence-corrected chi connectivity index (χ1v) is 9.86. The van der Waals surface area contributed by atoms with Crippen LogP contribution in [0.3, 0.4) is 0 Å². The summed E-state index contributed by atoms with van der Waals surface area (Å²) < 4.78 is 5.65. The fourth-order valence-corrected chi connectivity index (χ4v) is 4.03. The average Bonchev–Trinajstić information content (AvgIpc) is 2.90. The number of thioether (sulfide) groups is 1. The summed E-state index contributed by atoms with van der Waals surface area (Å²) in [6.45, 7) is 4.28. The van der Waals surface area contributed by atoms with E-state index in [4.69, 9.17) is 17.0 Å². The third-order valence-corrected chi connectivity index (χ3v) is 5.40. The van der Waals surface area contributed by atoms with Crippen LogP contribution in [0.5, 0.6) is 0 Å². The predicted octanol–water partition coefficient (Wildman–Crippen LogP) is 2.20. The van der Waals surface area contributed by atoms with Crippen LogP contribution in [-0.2, 0) is 14.3 Å². The van der Waals surface area contributed by atoms with Crippen molar-refractivity contribution in [3.8, 4) is 0 Å². The first-order valence-electron chi connectivity index (χ1n) is 8.64. The Balaban J connectivity index is 1.62. The Kier molecular flexibility index (Phi) is 6.78. The van der Waals surface area contributed by atoms with Gasteiger partial charge in [-0.15, -0.1) is 0 Å². The second-order valence-electron chi connectivity index (χ2n) is 6.20. The fraction of sp³-hybridized carbons (Fsp3) is 0.316. The number of benzene rings is 1. The fourth-order valence-electron chi connectivity index (χ4n) is 2.73. The maximum Gasteiger partial charge on any atom is 0.266 e. The monoisotopic (exact) mass is 403 g/mol. The summed E-state index contributed by atoms with van der Waals surface area (Å²) in [4.78, 5) is 26.8. The zero-order valence-corrected chi connectivity index (χ0v) is 16.6. The van der Waals surface area contributed by atoms with E-state index in [-0.39, 0.29) is 18.4 Å². The molecule has 0 radical (unpaired) electrons. The van der Waals surface area contributed by atoms with Crippen LogP contribution in [0.1, 0.15) is 12.5 Å². The number of hydrogen-bond acceptors (Lipinski definition) is 6. The van der Waals surface area contributed by atoms with Gasteiger partial charge in [-0.1, -0.05) is 60.4 Å². The van der Waals surface area contributed by atoms with Gasteiger partial charge in [0.05, 0.1) is 18.1 Å². The zero-order valence-electron chi connectivity index (χ0n) is 15.0. The summed E-state index contributed by atoms with van der Waals surface area (Å²) in [7, 11) is 0. The van der Waals surface area contributed by atoms with Gasteiger partial charge in [-0.25, -0.2) is 5.01 Å². The van der Waals surface area contributed by atoms with Crippen molar-refractivity contribution in [1.29, 1.82) is 0 Å². The topological polar surface area (TPSA) is 61.9 Å². The molecule has 8 heteroatoms. The Morgan fingerprint density at radius 3 is 2.70 bits per heavy atom. The summed E-state index contributed by atoms with van der Waals surface area (Å²) in [5.41, 5.74) is 4.80. The summed E-state index contributed by atoms with van der Waals surface area (Å²) in [6, 6.07) is 9.88. The van der Waals surface area contributed by atoms with Crippen LogP contribution < -0.4 is 5.43 Å². The van der Waals surface area contributed by atoms with Gasteiger partial charge in [-0.3, -0.25) is 19.9 Å². The SMILES string of the molecule is CC(=C\c1ccccc1)/C=C1/SC(=S)N(CC(=O)NN2CCOCC2)C1=O. The Hall–Kier alpha value is -2.00. The largest absolute Gasteiger partial charge is 0.379 e. The average molecular weight is 404 g/mol. The zero-order chi connectivity index (χ0) is 19.2. The van der Waals surface area contributed by atoms with Gasteiger partial charge in [0.25, 0.3) is 11.8 Å². The number of thiocarbonyl (C=S) groups is 1. The maximum atomic E-state index is 12.6. The van der Waals surface area contributed by atoms with E-state index < -0.39 is 0 Å². The highest BCUT2D eigenvalue weighted by Gasteiger charge is 2.33. The Labute approximate surface area is 168 Å². The molecule has 2 amide bonds. The van der Waals surface area contributed by atoms with Crippen molar-refractivity contribution in [3.05, 3.63) is 52.4 Å². The van der Waals surface area contributed by atoms with Crippen LogP contribution in [0.25, 0.3) is 6.08 Å². The van der Waals surface area contributed by atoms with Crippen molar-refractivity contribution in [2.45, 2.75) is 6.92 Å². The minimum Gasteiger partial charge on any atom is -0.379 e.